The Kier molecular flexibility index (Phi) is 6.65. The van der Waals surface area contributed by atoms with Crippen LogP contribution in [-0.2, 0) is 5.41 Å². The number of nitrogens with zero attached hydrogens (tertiary/aromatic N) is 1. The Morgan fingerprint density at radius 3 is 1.76 bits per heavy atom. The van der Waals surface area contributed by atoms with Crippen LogP contribution in [0.3, 0.4) is 0 Å². The molecular formula is C45H37N. The molecule has 0 amide bonds. The van der Waals surface area contributed by atoms with Crippen molar-refractivity contribution in [3.63, 3.8) is 0 Å². The number of aryl methyl sites for hydroxylation is 2. The lowest BCUT2D eigenvalue weighted by atomic mass is 9.82. The quantitative estimate of drug-likeness (QED) is 0.192. The van der Waals surface area contributed by atoms with E-state index in [2.05, 4.69) is 184 Å². The smallest absolute Gasteiger partial charge is 0.0468 e. The summed E-state index contributed by atoms with van der Waals surface area (Å²) in [5, 5.41) is 2.48. The van der Waals surface area contributed by atoms with E-state index in [1.165, 1.54) is 66.4 Å². The van der Waals surface area contributed by atoms with Gasteiger partial charge in [0, 0.05) is 22.5 Å². The molecule has 0 radical (unpaired) electrons. The molecule has 7 aromatic carbocycles. The Labute approximate surface area is 272 Å². The van der Waals surface area contributed by atoms with Gasteiger partial charge in [-0.3, -0.25) is 0 Å². The molecule has 0 spiro atoms. The van der Waals surface area contributed by atoms with E-state index in [0.717, 1.165) is 17.1 Å². The van der Waals surface area contributed by atoms with Crippen LogP contribution in [0, 0.1) is 13.8 Å². The predicted molar refractivity (Wildman–Crippen MR) is 197 cm³/mol. The van der Waals surface area contributed by atoms with Crippen molar-refractivity contribution in [1.29, 1.82) is 0 Å². The molecule has 0 atom stereocenters. The van der Waals surface area contributed by atoms with Gasteiger partial charge in [0.15, 0.2) is 0 Å². The summed E-state index contributed by atoms with van der Waals surface area (Å²) in [4.78, 5) is 2.40. The van der Waals surface area contributed by atoms with Gasteiger partial charge in [-0.2, -0.15) is 0 Å². The van der Waals surface area contributed by atoms with Gasteiger partial charge >= 0.3 is 0 Å². The first-order valence-corrected chi connectivity index (χ1v) is 16.2. The molecule has 222 valence electrons. The van der Waals surface area contributed by atoms with Crippen molar-refractivity contribution in [2.24, 2.45) is 0 Å². The molecule has 46 heavy (non-hydrogen) atoms. The van der Waals surface area contributed by atoms with E-state index in [1.54, 1.807) is 0 Å². The zero-order valence-corrected chi connectivity index (χ0v) is 26.9. The van der Waals surface area contributed by atoms with Gasteiger partial charge in [-0.05, 0) is 117 Å². The Morgan fingerprint density at radius 1 is 0.391 bits per heavy atom. The average Bonchev–Trinajstić information content (AvgIpc) is 3.31. The van der Waals surface area contributed by atoms with E-state index in [4.69, 9.17) is 0 Å². The zero-order valence-electron chi connectivity index (χ0n) is 26.9. The topological polar surface area (TPSA) is 3.24 Å². The lowest BCUT2D eigenvalue weighted by Crippen LogP contribution is -2.15. The van der Waals surface area contributed by atoms with Crippen LogP contribution in [0.1, 0.15) is 36.1 Å². The summed E-state index contributed by atoms with van der Waals surface area (Å²) in [7, 11) is 0. The highest BCUT2D eigenvalue weighted by molar-refractivity contribution is 5.91. The Hall–Kier alpha value is -5.40. The normalized spacial score (nSPS) is 13.0. The molecule has 0 saturated heterocycles. The second-order valence-corrected chi connectivity index (χ2v) is 13.2. The van der Waals surface area contributed by atoms with Gasteiger partial charge < -0.3 is 4.90 Å². The molecule has 1 aliphatic carbocycles. The second-order valence-electron chi connectivity index (χ2n) is 13.2. The summed E-state index contributed by atoms with van der Waals surface area (Å²) in [5.41, 5.74) is 16.5. The molecule has 7 aromatic rings. The van der Waals surface area contributed by atoms with Crippen LogP contribution in [0.5, 0.6) is 0 Å². The fraction of sp³-hybridized carbons (Fsp3) is 0.111. The summed E-state index contributed by atoms with van der Waals surface area (Å²) >= 11 is 0. The third-order valence-corrected chi connectivity index (χ3v) is 9.94. The molecule has 0 aromatic heterocycles. The number of hydrogen-bond donors (Lipinski definition) is 0. The minimum absolute atomic E-state index is 0.0211. The first kappa shape index (κ1) is 28.1. The number of rotatable bonds is 5. The third-order valence-electron chi connectivity index (χ3n) is 9.94. The third kappa shape index (κ3) is 4.63. The van der Waals surface area contributed by atoms with Crippen LogP contribution in [0.15, 0.2) is 152 Å². The second kappa shape index (κ2) is 10.9. The van der Waals surface area contributed by atoms with Crippen molar-refractivity contribution in [3.8, 4) is 33.4 Å². The van der Waals surface area contributed by atoms with Crippen LogP contribution >= 0.6 is 0 Å². The van der Waals surface area contributed by atoms with Gasteiger partial charge in [0.25, 0.3) is 0 Å². The van der Waals surface area contributed by atoms with E-state index < -0.39 is 0 Å². The zero-order chi connectivity index (χ0) is 31.4. The number of anilines is 3. The summed E-state index contributed by atoms with van der Waals surface area (Å²) in [5.74, 6) is 0. The number of benzene rings is 7. The molecule has 1 heteroatoms. The highest BCUT2D eigenvalue weighted by Gasteiger charge is 2.35. The maximum Gasteiger partial charge on any atom is 0.0468 e. The first-order chi connectivity index (χ1) is 22.4. The van der Waals surface area contributed by atoms with Crippen molar-refractivity contribution in [2.75, 3.05) is 4.90 Å². The minimum atomic E-state index is -0.0211. The lowest BCUT2D eigenvalue weighted by Gasteiger charge is -2.27. The van der Waals surface area contributed by atoms with Gasteiger partial charge in [0.1, 0.15) is 0 Å². The molecular weight excluding hydrogens is 555 g/mol. The van der Waals surface area contributed by atoms with E-state index in [9.17, 15) is 0 Å². The molecule has 1 aliphatic rings. The van der Waals surface area contributed by atoms with Crippen LogP contribution in [-0.4, -0.2) is 0 Å². The minimum Gasteiger partial charge on any atom is -0.310 e. The van der Waals surface area contributed by atoms with E-state index >= 15 is 0 Å². The molecule has 0 heterocycles. The molecule has 0 aliphatic heterocycles. The highest BCUT2D eigenvalue weighted by Crippen LogP contribution is 2.50. The monoisotopic (exact) mass is 591 g/mol. The lowest BCUT2D eigenvalue weighted by molar-refractivity contribution is 0.660. The fourth-order valence-electron chi connectivity index (χ4n) is 7.43. The van der Waals surface area contributed by atoms with E-state index in [-0.39, 0.29) is 5.41 Å². The molecule has 0 unspecified atom stereocenters. The summed E-state index contributed by atoms with van der Waals surface area (Å²) in [6.07, 6.45) is 0. The maximum absolute atomic E-state index is 2.40. The average molecular weight is 592 g/mol. The molecule has 0 fully saturated rings. The van der Waals surface area contributed by atoms with Gasteiger partial charge in [0.05, 0.1) is 0 Å². The van der Waals surface area contributed by atoms with Gasteiger partial charge in [0.2, 0.25) is 0 Å². The first-order valence-electron chi connectivity index (χ1n) is 16.2. The van der Waals surface area contributed by atoms with Crippen molar-refractivity contribution in [3.05, 3.63) is 174 Å². The Bertz CT molecular complexity index is 2250. The largest absolute Gasteiger partial charge is 0.310 e. The van der Waals surface area contributed by atoms with Crippen LogP contribution in [0.25, 0.3) is 44.2 Å². The van der Waals surface area contributed by atoms with Crippen LogP contribution in [0.4, 0.5) is 17.1 Å². The van der Waals surface area contributed by atoms with Gasteiger partial charge in [-0.25, -0.2) is 0 Å². The maximum atomic E-state index is 2.40. The molecule has 0 bridgehead atoms. The Balaban J connectivity index is 1.22. The molecule has 1 nitrogen and oxygen atoms in total. The van der Waals surface area contributed by atoms with Crippen LogP contribution in [0.2, 0.25) is 0 Å². The molecule has 0 N–H and O–H groups in total. The standard InChI is InChI=1S/C45H37N/c1-30-11-5-8-14-39(30)40-25-20-35(27-31(40)2)33-17-21-36(22-18-33)46(37-23-19-32-12-6-7-13-34(32)28-37)38-24-26-44-42(29-38)41-15-9-10-16-43(41)45(44,3)4/h5-29H,1-4H3. The number of hydrogen-bond acceptors (Lipinski definition) is 1. The number of fused-ring (bicyclic) bond motifs is 4. The summed E-state index contributed by atoms with van der Waals surface area (Å²) in [6.45, 7) is 9.08. The van der Waals surface area contributed by atoms with Crippen molar-refractivity contribution in [2.45, 2.75) is 33.1 Å². The van der Waals surface area contributed by atoms with E-state index in [1.807, 2.05) is 0 Å². The summed E-state index contributed by atoms with van der Waals surface area (Å²) < 4.78 is 0. The molecule has 8 rings (SSSR count). The van der Waals surface area contributed by atoms with Crippen molar-refractivity contribution < 1.29 is 0 Å². The van der Waals surface area contributed by atoms with Gasteiger partial charge in [-0.15, -0.1) is 0 Å². The van der Waals surface area contributed by atoms with E-state index in [0.29, 0.717) is 0 Å². The Morgan fingerprint density at radius 2 is 0.978 bits per heavy atom. The highest BCUT2D eigenvalue weighted by atomic mass is 15.1. The molecule has 0 saturated carbocycles. The fourth-order valence-corrected chi connectivity index (χ4v) is 7.43. The van der Waals surface area contributed by atoms with Crippen molar-refractivity contribution >= 4 is 27.8 Å². The SMILES string of the molecule is Cc1ccccc1-c1ccc(-c2ccc(N(c3ccc4c(c3)-c3ccccc3C4(C)C)c3ccc4ccccc4c3)cc2)cc1C. The van der Waals surface area contributed by atoms with Crippen molar-refractivity contribution in [1.82, 2.24) is 0 Å². The van der Waals surface area contributed by atoms with Crippen LogP contribution < -0.4 is 4.90 Å². The summed E-state index contributed by atoms with van der Waals surface area (Å²) in [6, 6.07) is 55.8. The van der Waals surface area contributed by atoms with Gasteiger partial charge in [-0.1, -0.05) is 129 Å². The predicted octanol–water partition coefficient (Wildman–Crippen LogP) is 12.6.